The Balaban J connectivity index is 2.76. The van der Waals surface area contributed by atoms with Crippen LogP contribution >= 0.6 is 11.3 Å². The van der Waals surface area contributed by atoms with Gasteiger partial charge in [-0.05, 0) is 12.5 Å². The molecule has 1 rings (SSSR count). The van der Waals surface area contributed by atoms with Gasteiger partial charge in [0.25, 0.3) is 5.91 Å². The first kappa shape index (κ1) is 15.6. The van der Waals surface area contributed by atoms with E-state index in [9.17, 15) is 4.79 Å². The molecule has 2 N–H and O–H groups in total. The van der Waals surface area contributed by atoms with Crippen LogP contribution in [0.4, 0.5) is 0 Å². The van der Waals surface area contributed by atoms with Gasteiger partial charge in [0.2, 0.25) is 0 Å². The SMILES string of the molecule is CC(C)CN(CCC#N)C(=O)c1csc(CCN)n1. The molecule has 1 amide bonds. The van der Waals surface area contributed by atoms with Crippen molar-refractivity contribution >= 4 is 17.2 Å². The minimum Gasteiger partial charge on any atom is -0.336 e. The molecule has 0 unspecified atom stereocenters. The summed E-state index contributed by atoms with van der Waals surface area (Å²) in [5, 5.41) is 11.3. The molecule has 6 heteroatoms. The van der Waals surface area contributed by atoms with Gasteiger partial charge < -0.3 is 10.6 Å². The van der Waals surface area contributed by atoms with Crippen molar-refractivity contribution in [3.8, 4) is 6.07 Å². The van der Waals surface area contributed by atoms with Crippen LogP contribution in [0.1, 0.15) is 35.8 Å². The van der Waals surface area contributed by atoms with Gasteiger partial charge in [0.15, 0.2) is 0 Å². The van der Waals surface area contributed by atoms with Crippen molar-refractivity contribution in [1.82, 2.24) is 9.88 Å². The topological polar surface area (TPSA) is 83.0 Å². The standard InChI is InChI=1S/C13H20N4OS/c1-10(2)8-17(7-3-5-14)13(18)11-9-19-12(16-11)4-6-15/h9-10H,3-4,6-8,15H2,1-2H3. The second kappa shape index (κ2) is 7.87. The van der Waals surface area contributed by atoms with Crippen molar-refractivity contribution in [3.05, 3.63) is 16.1 Å². The highest BCUT2D eigenvalue weighted by Crippen LogP contribution is 2.13. The van der Waals surface area contributed by atoms with Gasteiger partial charge in [0.05, 0.1) is 17.5 Å². The van der Waals surface area contributed by atoms with E-state index in [-0.39, 0.29) is 5.91 Å². The maximum absolute atomic E-state index is 12.3. The lowest BCUT2D eigenvalue weighted by Gasteiger charge is -2.22. The van der Waals surface area contributed by atoms with Gasteiger partial charge in [0.1, 0.15) is 5.69 Å². The first-order valence-corrected chi connectivity index (χ1v) is 7.27. The summed E-state index contributed by atoms with van der Waals surface area (Å²) in [7, 11) is 0. The molecule has 1 aromatic heterocycles. The van der Waals surface area contributed by atoms with Crippen LogP contribution in [-0.4, -0.2) is 35.4 Å². The number of aromatic nitrogens is 1. The van der Waals surface area contributed by atoms with Crippen molar-refractivity contribution in [2.24, 2.45) is 11.7 Å². The van der Waals surface area contributed by atoms with E-state index in [0.717, 1.165) is 5.01 Å². The van der Waals surface area contributed by atoms with E-state index in [4.69, 9.17) is 11.0 Å². The molecule has 0 radical (unpaired) electrons. The number of nitrogens with two attached hydrogens (primary N) is 1. The Morgan fingerprint density at radius 3 is 2.95 bits per heavy atom. The lowest BCUT2D eigenvalue weighted by Crippen LogP contribution is -2.35. The van der Waals surface area contributed by atoms with Gasteiger partial charge in [-0.2, -0.15) is 5.26 Å². The zero-order chi connectivity index (χ0) is 14.3. The molecule has 104 valence electrons. The molecule has 1 aromatic rings. The van der Waals surface area contributed by atoms with Crippen LogP contribution in [0.5, 0.6) is 0 Å². The highest BCUT2D eigenvalue weighted by molar-refractivity contribution is 7.09. The first-order valence-electron chi connectivity index (χ1n) is 6.39. The average molecular weight is 280 g/mol. The Kier molecular flexibility index (Phi) is 6.46. The Morgan fingerprint density at radius 1 is 1.63 bits per heavy atom. The van der Waals surface area contributed by atoms with Crippen molar-refractivity contribution in [3.63, 3.8) is 0 Å². The van der Waals surface area contributed by atoms with Crippen LogP contribution in [0.3, 0.4) is 0 Å². The van der Waals surface area contributed by atoms with Crippen LogP contribution in [0, 0.1) is 17.2 Å². The fraction of sp³-hybridized carbons (Fsp3) is 0.615. The molecular formula is C13H20N4OS. The van der Waals surface area contributed by atoms with Gasteiger partial charge in [-0.25, -0.2) is 4.98 Å². The maximum Gasteiger partial charge on any atom is 0.273 e. The molecule has 0 bridgehead atoms. The predicted octanol–water partition coefficient (Wildman–Crippen LogP) is 1.66. The average Bonchev–Trinajstić information content (AvgIpc) is 2.82. The zero-order valence-corrected chi connectivity index (χ0v) is 12.2. The van der Waals surface area contributed by atoms with Crippen molar-refractivity contribution in [2.75, 3.05) is 19.6 Å². The summed E-state index contributed by atoms with van der Waals surface area (Å²) >= 11 is 1.46. The second-order valence-electron chi connectivity index (χ2n) is 4.72. The maximum atomic E-state index is 12.3. The van der Waals surface area contributed by atoms with Crippen LogP contribution in [0.25, 0.3) is 0 Å². The van der Waals surface area contributed by atoms with E-state index in [1.807, 2.05) is 13.8 Å². The smallest absolute Gasteiger partial charge is 0.273 e. The number of carbonyl (C=O) groups is 1. The van der Waals surface area contributed by atoms with Gasteiger partial charge in [0, 0.05) is 24.9 Å². The molecule has 0 saturated heterocycles. The third-order valence-corrected chi connectivity index (χ3v) is 3.40. The molecule has 0 aromatic carbocycles. The van der Waals surface area contributed by atoms with E-state index in [2.05, 4.69) is 11.1 Å². The molecule has 5 nitrogen and oxygen atoms in total. The van der Waals surface area contributed by atoms with Gasteiger partial charge >= 0.3 is 0 Å². The quantitative estimate of drug-likeness (QED) is 0.823. The van der Waals surface area contributed by atoms with Crippen molar-refractivity contribution in [2.45, 2.75) is 26.7 Å². The van der Waals surface area contributed by atoms with E-state index in [1.165, 1.54) is 11.3 Å². The summed E-state index contributed by atoms with van der Waals surface area (Å²) < 4.78 is 0. The van der Waals surface area contributed by atoms with Crippen LogP contribution in [0.2, 0.25) is 0 Å². The predicted molar refractivity (Wildman–Crippen MR) is 75.8 cm³/mol. The largest absolute Gasteiger partial charge is 0.336 e. The minimum atomic E-state index is -0.0940. The lowest BCUT2D eigenvalue weighted by molar-refractivity contribution is 0.0734. The number of rotatable bonds is 7. The molecule has 19 heavy (non-hydrogen) atoms. The fourth-order valence-electron chi connectivity index (χ4n) is 1.71. The second-order valence-corrected chi connectivity index (χ2v) is 5.66. The van der Waals surface area contributed by atoms with Crippen molar-refractivity contribution < 1.29 is 4.79 Å². The number of hydrogen-bond acceptors (Lipinski definition) is 5. The van der Waals surface area contributed by atoms with Gasteiger partial charge in [-0.15, -0.1) is 11.3 Å². The fourth-order valence-corrected chi connectivity index (χ4v) is 2.50. The molecule has 0 aliphatic heterocycles. The summed E-state index contributed by atoms with van der Waals surface area (Å²) in [5.74, 6) is 0.272. The first-order chi connectivity index (χ1) is 9.08. The highest BCUT2D eigenvalue weighted by Gasteiger charge is 2.19. The monoisotopic (exact) mass is 280 g/mol. The molecule has 0 aliphatic rings. The minimum absolute atomic E-state index is 0.0940. The summed E-state index contributed by atoms with van der Waals surface area (Å²) in [6.45, 7) is 5.73. The number of thiazole rings is 1. The summed E-state index contributed by atoms with van der Waals surface area (Å²) in [6, 6.07) is 2.08. The van der Waals surface area contributed by atoms with E-state index in [1.54, 1.807) is 10.3 Å². The number of nitriles is 1. The van der Waals surface area contributed by atoms with Crippen LogP contribution in [-0.2, 0) is 6.42 Å². The van der Waals surface area contributed by atoms with Gasteiger partial charge in [-0.3, -0.25) is 4.79 Å². The Labute approximate surface area is 118 Å². The molecule has 0 saturated carbocycles. The third-order valence-electron chi connectivity index (χ3n) is 2.50. The molecule has 0 spiro atoms. The van der Waals surface area contributed by atoms with Crippen molar-refractivity contribution in [1.29, 1.82) is 5.26 Å². The Morgan fingerprint density at radius 2 is 2.37 bits per heavy atom. The lowest BCUT2D eigenvalue weighted by atomic mass is 10.2. The zero-order valence-electron chi connectivity index (χ0n) is 11.4. The molecule has 1 heterocycles. The summed E-state index contributed by atoms with van der Waals surface area (Å²) in [4.78, 5) is 18.3. The molecule has 0 aliphatic carbocycles. The number of hydrogen-bond donors (Lipinski definition) is 1. The Bertz CT molecular complexity index is 450. The summed E-state index contributed by atoms with van der Waals surface area (Å²) in [6.07, 6.45) is 1.04. The van der Waals surface area contributed by atoms with E-state index >= 15 is 0 Å². The third kappa shape index (κ3) is 4.97. The van der Waals surface area contributed by atoms with E-state index < -0.39 is 0 Å². The van der Waals surface area contributed by atoms with E-state index in [0.29, 0.717) is 44.1 Å². The number of carbonyl (C=O) groups excluding carboxylic acids is 1. The van der Waals surface area contributed by atoms with Gasteiger partial charge in [-0.1, -0.05) is 13.8 Å². The highest BCUT2D eigenvalue weighted by atomic mass is 32.1. The number of nitrogens with zero attached hydrogens (tertiary/aromatic N) is 3. The van der Waals surface area contributed by atoms with Crippen LogP contribution in [0.15, 0.2) is 5.38 Å². The molecule has 0 atom stereocenters. The molecular weight excluding hydrogens is 260 g/mol. The molecule has 0 fully saturated rings. The number of amides is 1. The normalized spacial score (nSPS) is 10.5. The Hall–Kier alpha value is -1.45. The van der Waals surface area contributed by atoms with Crippen LogP contribution < -0.4 is 5.73 Å². The summed E-state index contributed by atoms with van der Waals surface area (Å²) in [5.41, 5.74) is 5.94.